The number of fused-ring (bicyclic) bond motifs is 1. The summed E-state index contributed by atoms with van der Waals surface area (Å²) in [5.74, 6) is 1.14. The third-order valence-corrected chi connectivity index (χ3v) is 6.37. The third kappa shape index (κ3) is 4.97. The minimum atomic E-state index is -0.323. The van der Waals surface area contributed by atoms with Gasteiger partial charge in [0.2, 0.25) is 5.91 Å². The minimum Gasteiger partial charge on any atom is -0.495 e. The molecule has 0 aliphatic heterocycles. The van der Waals surface area contributed by atoms with Crippen LogP contribution in [-0.2, 0) is 24.2 Å². The molecule has 162 valence electrons. The number of methoxy groups -OCH3 is 1. The van der Waals surface area contributed by atoms with Crippen molar-refractivity contribution in [1.82, 2.24) is 9.55 Å². The van der Waals surface area contributed by atoms with Crippen LogP contribution in [0.1, 0.15) is 29.9 Å². The number of furan rings is 1. The number of thioether (sulfide) groups is 1. The Morgan fingerprint density at radius 3 is 2.94 bits per heavy atom. The fourth-order valence-corrected chi connectivity index (χ4v) is 4.74. The smallest absolute Gasteiger partial charge is 0.349 e. The Morgan fingerprint density at radius 1 is 1.32 bits per heavy atom. The van der Waals surface area contributed by atoms with E-state index in [1.807, 2.05) is 6.07 Å². The first-order valence-corrected chi connectivity index (χ1v) is 11.3. The topological polar surface area (TPSA) is 86.4 Å². The van der Waals surface area contributed by atoms with Crippen LogP contribution in [0.5, 0.6) is 5.75 Å². The lowest BCUT2D eigenvalue weighted by atomic mass is 9.97. The lowest BCUT2D eigenvalue weighted by molar-refractivity contribution is -0.113. The van der Waals surface area contributed by atoms with Crippen molar-refractivity contribution in [2.24, 2.45) is 0 Å². The van der Waals surface area contributed by atoms with Crippen molar-refractivity contribution in [3.63, 3.8) is 0 Å². The van der Waals surface area contributed by atoms with Crippen LogP contribution >= 0.6 is 23.4 Å². The number of ether oxygens (including phenoxy) is 1. The van der Waals surface area contributed by atoms with Gasteiger partial charge in [-0.15, -0.1) is 0 Å². The number of nitrogens with one attached hydrogen (secondary N) is 1. The Balaban J connectivity index is 1.52. The van der Waals surface area contributed by atoms with Crippen molar-refractivity contribution in [2.45, 2.75) is 37.3 Å². The van der Waals surface area contributed by atoms with Gasteiger partial charge in [-0.25, -0.2) is 4.79 Å². The lowest BCUT2D eigenvalue weighted by Crippen LogP contribution is -2.30. The molecular formula is C22H22ClN3O4S. The van der Waals surface area contributed by atoms with Crippen LogP contribution in [0, 0.1) is 0 Å². The molecule has 1 amide bonds. The molecule has 7 nitrogen and oxygen atoms in total. The van der Waals surface area contributed by atoms with Gasteiger partial charge < -0.3 is 14.5 Å². The predicted molar refractivity (Wildman–Crippen MR) is 120 cm³/mol. The van der Waals surface area contributed by atoms with Gasteiger partial charge in [0.1, 0.15) is 16.5 Å². The first kappa shape index (κ1) is 21.5. The molecule has 0 saturated heterocycles. The second-order valence-corrected chi connectivity index (χ2v) is 8.58. The molecule has 0 radical (unpaired) electrons. The van der Waals surface area contributed by atoms with Crippen LogP contribution in [-0.4, -0.2) is 28.3 Å². The maximum absolute atomic E-state index is 12.8. The normalized spacial score (nSPS) is 13.0. The van der Waals surface area contributed by atoms with Crippen molar-refractivity contribution < 1.29 is 13.9 Å². The second kappa shape index (κ2) is 9.62. The molecule has 9 heteroatoms. The summed E-state index contributed by atoms with van der Waals surface area (Å²) in [7, 11) is 1.53. The van der Waals surface area contributed by atoms with E-state index in [4.69, 9.17) is 20.8 Å². The average Bonchev–Trinajstić information content (AvgIpc) is 3.28. The highest BCUT2D eigenvalue weighted by molar-refractivity contribution is 8.00. The predicted octanol–water partition coefficient (Wildman–Crippen LogP) is 4.16. The van der Waals surface area contributed by atoms with Crippen LogP contribution in [0.4, 0.5) is 5.69 Å². The minimum absolute atomic E-state index is 0.122. The molecule has 0 bridgehead atoms. The molecule has 0 fully saturated rings. The molecule has 4 rings (SSSR count). The quantitative estimate of drug-likeness (QED) is 0.422. The van der Waals surface area contributed by atoms with Gasteiger partial charge >= 0.3 is 5.69 Å². The molecule has 1 aliphatic rings. The highest BCUT2D eigenvalue weighted by Gasteiger charge is 2.22. The Labute approximate surface area is 188 Å². The fraction of sp³-hybridized carbons (Fsp3) is 0.318. The van der Waals surface area contributed by atoms with E-state index in [1.54, 1.807) is 35.1 Å². The zero-order valence-corrected chi connectivity index (χ0v) is 18.6. The summed E-state index contributed by atoms with van der Waals surface area (Å²) >= 11 is 7.30. The zero-order valence-electron chi connectivity index (χ0n) is 17.0. The van der Waals surface area contributed by atoms with E-state index in [-0.39, 0.29) is 17.3 Å². The average molecular weight is 460 g/mol. The van der Waals surface area contributed by atoms with Crippen LogP contribution in [0.15, 0.2) is 50.8 Å². The SMILES string of the molecule is COc1ccc(Cl)cc1NC(=O)CSc1nc(=O)n(Cc2ccco2)c2c1CCCC2. The summed E-state index contributed by atoms with van der Waals surface area (Å²) < 4.78 is 12.4. The number of benzene rings is 1. The number of halogens is 1. The Morgan fingerprint density at radius 2 is 2.16 bits per heavy atom. The van der Waals surface area contributed by atoms with Gasteiger partial charge in [-0.05, 0) is 56.0 Å². The van der Waals surface area contributed by atoms with E-state index in [0.29, 0.717) is 33.8 Å². The molecule has 1 aliphatic carbocycles. The fourth-order valence-electron chi connectivity index (χ4n) is 3.69. The van der Waals surface area contributed by atoms with E-state index in [0.717, 1.165) is 36.9 Å². The van der Waals surface area contributed by atoms with Crippen molar-refractivity contribution in [2.75, 3.05) is 18.2 Å². The molecule has 0 atom stereocenters. The Hall–Kier alpha value is -2.71. The summed E-state index contributed by atoms with van der Waals surface area (Å²) in [6.45, 7) is 0.362. The second-order valence-electron chi connectivity index (χ2n) is 7.18. The van der Waals surface area contributed by atoms with E-state index >= 15 is 0 Å². The van der Waals surface area contributed by atoms with Crippen LogP contribution in [0.3, 0.4) is 0 Å². The van der Waals surface area contributed by atoms with Gasteiger partial charge in [-0.3, -0.25) is 9.36 Å². The zero-order chi connectivity index (χ0) is 21.8. The van der Waals surface area contributed by atoms with Gasteiger partial charge in [0.05, 0.1) is 31.4 Å². The number of hydrogen-bond donors (Lipinski definition) is 1. The summed E-state index contributed by atoms with van der Waals surface area (Å²) in [6.07, 6.45) is 5.30. The van der Waals surface area contributed by atoms with Crippen molar-refractivity contribution in [3.05, 3.63) is 69.1 Å². The number of carbonyl (C=O) groups excluding carboxylic acids is 1. The highest BCUT2D eigenvalue weighted by atomic mass is 35.5. The number of carbonyl (C=O) groups is 1. The standard InChI is InChI=1S/C22H22ClN3O4S/c1-29-19-9-8-14(23)11-17(19)24-20(27)13-31-21-16-6-2-3-7-18(16)26(22(28)25-21)12-15-5-4-10-30-15/h4-5,8-11H,2-3,6-7,12-13H2,1H3,(H,24,27). The van der Waals surface area contributed by atoms with Gasteiger partial charge in [-0.2, -0.15) is 4.98 Å². The van der Waals surface area contributed by atoms with Crippen molar-refractivity contribution >= 4 is 35.0 Å². The maximum Gasteiger partial charge on any atom is 0.349 e. The molecule has 0 spiro atoms. The lowest BCUT2D eigenvalue weighted by Gasteiger charge is -2.22. The van der Waals surface area contributed by atoms with Gasteiger partial charge in [0, 0.05) is 16.3 Å². The number of rotatable bonds is 7. The van der Waals surface area contributed by atoms with Crippen LogP contribution in [0.2, 0.25) is 5.02 Å². The van der Waals surface area contributed by atoms with E-state index in [2.05, 4.69) is 10.3 Å². The number of hydrogen-bond acceptors (Lipinski definition) is 6. The van der Waals surface area contributed by atoms with Gasteiger partial charge in [0.15, 0.2) is 0 Å². The molecule has 1 N–H and O–H groups in total. The first-order valence-electron chi connectivity index (χ1n) is 9.96. The molecule has 0 unspecified atom stereocenters. The van der Waals surface area contributed by atoms with E-state index in [1.165, 1.54) is 18.9 Å². The van der Waals surface area contributed by atoms with Crippen LogP contribution in [0.25, 0.3) is 0 Å². The van der Waals surface area contributed by atoms with E-state index < -0.39 is 0 Å². The number of amides is 1. The van der Waals surface area contributed by atoms with Gasteiger partial charge in [0.25, 0.3) is 0 Å². The van der Waals surface area contributed by atoms with E-state index in [9.17, 15) is 9.59 Å². The number of nitrogens with zero attached hydrogens (tertiary/aromatic N) is 2. The summed E-state index contributed by atoms with van der Waals surface area (Å²) in [4.78, 5) is 29.6. The Kier molecular flexibility index (Phi) is 6.67. The summed E-state index contributed by atoms with van der Waals surface area (Å²) in [6, 6.07) is 8.68. The largest absolute Gasteiger partial charge is 0.495 e. The molecular weight excluding hydrogens is 438 g/mol. The Bertz CT molecular complexity index is 1140. The molecule has 2 aromatic heterocycles. The summed E-state index contributed by atoms with van der Waals surface area (Å²) in [5.41, 5.74) is 2.22. The number of aromatic nitrogens is 2. The van der Waals surface area contributed by atoms with Crippen molar-refractivity contribution in [3.8, 4) is 5.75 Å². The van der Waals surface area contributed by atoms with Crippen molar-refractivity contribution in [1.29, 1.82) is 0 Å². The summed E-state index contributed by atoms with van der Waals surface area (Å²) in [5, 5.41) is 3.94. The first-order chi connectivity index (χ1) is 15.0. The van der Waals surface area contributed by atoms with Crippen LogP contribution < -0.4 is 15.7 Å². The molecule has 2 heterocycles. The van der Waals surface area contributed by atoms with Gasteiger partial charge in [-0.1, -0.05) is 23.4 Å². The number of anilines is 1. The molecule has 3 aromatic rings. The molecule has 1 aromatic carbocycles. The molecule has 0 saturated carbocycles. The molecule has 31 heavy (non-hydrogen) atoms. The maximum atomic E-state index is 12.8. The monoisotopic (exact) mass is 459 g/mol. The third-order valence-electron chi connectivity index (χ3n) is 5.12. The highest BCUT2D eigenvalue weighted by Crippen LogP contribution is 2.30.